The van der Waals surface area contributed by atoms with Crippen LogP contribution < -0.4 is 5.32 Å². The molecule has 2 amide bonds. The van der Waals surface area contributed by atoms with Crippen LogP contribution >= 0.6 is 0 Å². The highest BCUT2D eigenvalue weighted by atomic mass is 19.2. The standard InChI is InChI=1S/C28H32F2N4O5/c1-33(25(35)16-15-20-11-7-13-22(29)27(20)30)21(12-8-14-26(36)38-3)18-39-28(37)31-24-17-23(32-34(24)2)19-9-5-4-6-10-19/h4-7,9-11,13,17,21H,8,12,14-16,18H2,1-3H3,(H,31,37)/t21-/m0/s1. The Labute approximate surface area is 225 Å². The second-order valence-corrected chi connectivity index (χ2v) is 8.97. The summed E-state index contributed by atoms with van der Waals surface area (Å²) in [6.07, 6.45) is 0.0654. The number of halogens is 2. The van der Waals surface area contributed by atoms with E-state index in [1.807, 2.05) is 30.3 Å². The molecule has 1 aromatic heterocycles. The fraction of sp³-hybridized carbons (Fsp3) is 0.357. The van der Waals surface area contributed by atoms with Crippen LogP contribution in [-0.2, 0) is 32.5 Å². The number of amides is 2. The third kappa shape index (κ3) is 8.36. The Morgan fingerprint density at radius 3 is 2.54 bits per heavy atom. The fourth-order valence-corrected chi connectivity index (χ4v) is 3.98. The summed E-state index contributed by atoms with van der Waals surface area (Å²) in [6.45, 7) is -0.146. The Bertz CT molecular complexity index is 1280. The van der Waals surface area contributed by atoms with Crippen molar-refractivity contribution >= 4 is 23.8 Å². The number of nitrogens with one attached hydrogen (secondary N) is 1. The molecular formula is C28H32F2N4O5. The first-order valence-corrected chi connectivity index (χ1v) is 12.5. The molecule has 0 bridgehead atoms. The molecule has 3 rings (SSSR count). The Morgan fingerprint density at radius 2 is 1.82 bits per heavy atom. The highest BCUT2D eigenvalue weighted by molar-refractivity contribution is 5.84. The lowest BCUT2D eigenvalue weighted by atomic mass is 10.1. The SMILES string of the molecule is COC(=O)CCC[C@@H](COC(=O)Nc1cc(-c2ccccc2)nn1C)N(C)C(=O)CCc1cccc(F)c1F. The Hall–Kier alpha value is -4.28. The van der Waals surface area contributed by atoms with Crippen LogP contribution in [0.1, 0.15) is 31.2 Å². The average Bonchev–Trinajstić information content (AvgIpc) is 3.30. The third-order valence-corrected chi connectivity index (χ3v) is 6.31. The molecule has 0 spiro atoms. The summed E-state index contributed by atoms with van der Waals surface area (Å²) in [6, 6.07) is 14.5. The van der Waals surface area contributed by atoms with Crippen molar-refractivity contribution in [3.05, 3.63) is 71.8 Å². The van der Waals surface area contributed by atoms with E-state index in [1.54, 1.807) is 20.2 Å². The molecule has 39 heavy (non-hydrogen) atoms. The van der Waals surface area contributed by atoms with Crippen molar-refractivity contribution in [2.45, 2.75) is 38.1 Å². The summed E-state index contributed by atoms with van der Waals surface area (Å²) < 4.78 is 39.1. The van der Waals surface area contributed by atoms with Crippen molar-refractivity contribution in [2.75, 3.05) is 26.1 Å². The van der Waals surface area contributed by atoms with Gasteiger partial charge < -0.3 is 14.4 Å². The molecule has 0 aliphatic carbocycles. The van der Waals surface area contributed by atoms with Crippen LogP contribution in [0.4, 0.5) is 19.4 Å². The van der Waals surface area contributed by atoms with Crippen molar-refractivity contribution in [3.8, 4) is 11.3 Å². The number of hydrogen-bond acceptors (Lipinski definition) is 6. The molecule has 0 aliphatic heterocycles. The van der Waals surface area contributed by atoms with Gasteiger partial charge in [-0.3, -0.25) is 19.6 Å². The number of carbonyl (C=O) groups is 3. The zero-order valence-electron chi connectivity index (χ0n) is 22.2. The van der Waals surface area contributed by atoms with E-state index < -0.39 is 29.7 Å². The first-order valence-electron chi connectivity index (χ1n) is 12.5. The predicted molar refractivity (Wildman–Crippen MR) is 141 cm³/mol. The van der Waals surface area contributed by atoms with E-state index in [0.29, 0.717) is 24.4 Å². The second-order valence-electron chi connectivity index (χ2n) is 8.97. The van der Waals surface area contributed by atoms with E-state index in [-0.39, 0.29) is 37.3 Å². The van der Waals surface area contributed by atoms with Gasteiger partial charge in [0.15, 0.2) is 11.6 Å². The van der Waals surface area contributed by atoms with Gasteiger partial charge in [0.05, 0.1) is 18.8 Å². The highest BCUT2D eigenvalue weighted by Gasteiger charge is 2.23. The molecule has 208 valence electrons. The molecule has 11 heteroatoms. The lowest BCUT2D eigenvalue weighted by Gasteiger charge is -2.28. The van der Waals surface area contributed by atoms with Crippen molar-refractivity contribution in [3.63, 3.8) is 0 Å². The van der Waals surface area contributed by atoms with E-state index in [2.05, 4.69) is 15.2 Å². The van der Waals surface area contributed by atoms with Crippen molar-refractivity contribution in [1.82, 2.24) is 14.7 Å². The van der Waals surface area contributed by atoms with Gasteiger partial charge in [0, 0.05) is 38.6 Å². The summed E-state index contributed by atoms with van der Waals surface area (Å²) in [7, 11) is 4.52. The first kappa shape index (κ1) is 29.3. The zero-order valence-corrected chi connectivity index (χ0v) is 22.2. The molecule has 1 N–H and O–H groups in total. The minimum Gasteiger partial charge on any atom is -0.469 e. The molecule has 0 saturated carbocycles. The Kier molecular flexibility index (Phi) is 10.5. The number of benzene rings is 2. The monoisotopic (exact) mass is 542 g/mol. The van der Waals surface area contributed by atoms with E-state index >= 15 is 0 Å². The number of esters is 1. The number of hydrogen-bond donors (Lipinski definition) is 1. The van der Waals surface area contributed by atoms with Crippen LogP contribution in [-0.4, -0.2) is 59.5 Å². The van der Waals surface area contributed by atoms with Crippen LogP contribution in [0.5, 0.6) is 0 Å². The summed E-state index contributed by atoms with van der Waals surface area (Å²) in [5.41, 5.74) is 1.66. The summed E-state index contributed by atoms with van der Waals surface area (Å²) in [5, 5.41) is 7.05. The summed E-state index contributed by atoms with van der Waals surface area (Å²) >= 11 is 0. The molecule has 1 heterocycles. The molecule has 0 fully saturated rings. The predicted octanol–water partition coefficient (Wildman–Crippen LogP) is 4.72. The number of carbonyl (C=O) groups excluding carboxylic acids is 3. The largest absolute Gasteiger partial charge is 0.469 e. The van der Waals surface area contributed by atoms with Crippen LogP contribution in [0.15, 0.2) is 54.6 Å². The number of aromatic nitrogens is 2. The lowest BCUT2D eigenvalue weighted by Crippen LogP contribution is -2.41. The first-order chi connectivity index (χ1) is 18.7. The smallest absolute Gasteiger partial charge is 0.412 e. The molecule has 2 aromatic carbocycles. The lowest BCUT2D eigenvalue weighted by molar-refractivity contribution is -0.140. The normalized spacial score (nSPS) is 11.5. The van der Waals surface area contributed by atoms with Gasteiger partial charge in [-0.05, 0) is 30.9 Å². The van der Waals surface area contributed by atoms with Gasteiger partial charge in [-0.1, -0.05) is 42.5 Å². The maximum Gasteiger partial charge on any atom is 0.412 e. The average molecular weight is 543 g/mol. The number of aryl methyl sites for hydroxylation is 2. The van der Waals surface area contributed by atoms with Gasteiger partial charge in [-0.15, -0.1) is 0 Å². The van der Waals surface area contributed by atoms with Gasteiger partial charge in [0.2, 0.25) is 5.91 Å². The quantitative estimate of drug-likeness (QED) is 0.333. The number of ether oxygens (including phenoxy) is 2. The van der Waals surface area contributed by atoms with Crippen LogP contribution in [0.2, 0.25) is 0 Å². The van der Waals surface area contributed by atoms with Crippen molar-refractivity contribution in [1.29, 1.82) is 0 Å². The highest BCUT2D eigenvalue weighted by Crippen LogP contribution is 2.21. The van der Waals surface area contributed by atoms with Crippen LogP contribution in [0.3, 0.4) is 0 Å². The van der Waals surface area contributed by atoms with E-state index in [0.717, 1.165) is 11.6 Å². The fourth-order valence-electron chi connectivity index (χ4n) is 3.98. The molecule has 0 saturated heterocycles. The van der Waals surface area contributed by atoms with Gasteiger partial charge in [-0.2, -0.15) is 5.10 Å². The number of anilines is 1. The van der Waals surface area contributed by atoms with Gasteiger partial charge in [0.1, 0.15) is 12.4 Å². The number of likely N-dealkylation sites (N-methyl/N-ethyl adjacent to an activating group) is 1. The molecule has 0 unspecified atom stereocenters. The topological polar surface area (TPSA) is 103 Å². The van der Waals surface area contributed by atoms with E-state index in [1.165, 1.54) is 28.8 Å². The number of nitrogens with zero attached hydrogens (tertiary/aromatic N) is 3. The summed E-state index contributed by atoms with van der Waals surface area (Å²) in [5.74, 6) is -2.27. The number of rotatable bonds is 12. The van der Waals surface area contributed by atoms with Crippen LogP contribution in [0.25, 0.3) is 11.3 Å². The van der Waals surface area contributed by atoms with Gasteiger partial charge >= 0.3 is 12.1 Å². The van der Waals surface area contributed by atoms with Crippen molar-refractivity contribution < 1.29 is 32.6 Å². The minimum absolute atomic E-state index is 0.00717. The molecule has 3 aromatic rings. The van der Waals surface area contributed by atoms with Gasteiger partial charge in [-0.25, -0.2) is 13.6 Å². The molecular weight excluding hydrogens is 510 g/mol. The van der Waals surface area contributed by atoms with Crippen LogP contribution in [0, 0.1) is 11.6 Å². The maximum atomic E-state index is 14.0. The Balaban J connectivity index is 1.61. The Morgan fingerprint density at radius 1 is 1.08 bits per heavy atom. The molecule has 1 atom stereocenters. The zero-order chi connectivity index (χ0) is 28.4. The van der Waals surface area contributed by atoms with Gasteiger partial charge in [0.25, 0.3) is 0 Å². The second kappa shape index (κ2) is 14.0. The van der Waals surface area contributed by atoms with Crippen molar-refractivity contribution in [2.24, 2.45) is 7.05 Å². The molecule has 0 radical (unpaired) electrons. The minimum atomic E-state index is -0.979. The van der Waals surface area contributed by atoms with E-state index in [4.69, 9.17) is 4.74 Å². The van der Waals surface area contributed by atoms with E-state index in [9.17, 15) is 23.2 Å². The third-order valence-electron chi connectivity index (χ3n) is 6.31. The maximum absolute atomic E-state index is 14.0. The molecule has 9 nitrogen and oxygen atoms in total. The number of methoxy groups -OCH3 is 1. The molecule has 0 aliphatic rings. The summed E-state index contributed by atoms with van der Waals surface area (Å²) in [4.78, 5) is 38.4.